The van der Waals surface area contributed by atoms with Gasteiger partial charge in [0.25, 0.3) is 0 Å². The van der Waals surface area contributed by atoms with Crippen LogP contribution in [0.1, 0.15) is 35.0 Å². The summed E-state index contributed by atoms with van der Waals surface area (Å²) in [7, 11) is 1.96. The first-order valence-electron chi connectivity index (χ1n) is 5.70. The zero-order valence-electron chi connectivity index (χ0n) is 9.97. The van der Waals surface area contributed by atoms with Crippen LogP contribution in [-0.4, -0.2) is 37.5 Å². The van der Waals surface area contributed by atoms with Gasteiger partial charge in [0.2, 0.25) is 5.91 Å². The van der Waals surface area contributed by atoms with Gasteiger partial charge in [-0.05, 0) is 25.9 Å². The van der Waals surface area contributed by atoms with Crippen molar-refractivity contribution in [2.75, 3.05) is 26.7 Å². The molecule has 1 unspecified atom stereocenters. The second-order valence-corrected chi connectivity index (χ2v) is 3.41. The molecule has 0 aromatic heterocycles. The zero-order valence-corrected chi connectivity index (χ0v) is 9.97. The van der Waals surface area contributed by atoms with Crippen LogP contribution in [0.2, 0.25) is 0 Å². The van der Waals surface area contributed by atoms with Crippen molar-refractivity contribution in [2.45, 2.75) is 33.6 Å². The van der Waals surface area contributed by atoms with Crippen molar-refractivity contribution in [3.05, 3.63) is 0 Å². The summed E-state index contributed by atoms with van der Waals surface area (Å²) >= 11 is 0. The number of hydrogen-bond acceptors (Lipinski definition) is 2. The van der Waals surface area contributed by atoms with Crippen molar-refractivity contribution >= 4 is 5.91 Å². The molecule has 3 heteroatoms. The summed E-state index contributed by atoms with van der Waals surface area (Å²) in [6.45, 7) is 8.87. The van der Waals surface area contributed by atoms with Crippen molar-refractivity contribution in [2.24, 2.45) is 5.92 Å². The van der Waals surface area contributed by atoms with Crippen LogP contribution in [0.15, 0.2) is 0 Å². The Morgan fingerprint density at radius 2 is 2.21 bits per heavy atom. The average molecular weight is 202 g/mol. The molecule has 0 saturated carbocycles. The number of rotatable bonds is 3. The lowest BCUT2D eigenvalue weighted by molar-refractivity contribution is -0.129. The summed E-state index contributed by atoms with van der Waals surface area (Å²) in [5, 5.41) is 3.15. The van der Waals surface area contributed by atoms with Gasteiger partial charge in [-0.25, -0.2) is 0 Å². The molecule has 1 heterocycles. The molecule has 14 heavy (non-hydrogen) atoms. The maximum absolute atomic E-state index is 11.3. The fraction of sp³-hybridized carbons (Fsp3) is 0.909. The van der Waals surface area contributed by atoms with Gasteiger partial charge in [0.05, 0.1) is 0 Å². The first-order valence-corrected chi connectivity index (χ1v) is 5.70. The van der Waals surface area contributed by atoms with Gasteiger partial charge in [0.15, 0.2) is 0 Å². The second-order valence-electron chi connectivity index (χ2n) is 3.41. The number of carbonyl (C=O) groups is 1. The number of likely N-dealkylation sites (tertiary alicyclic amines) is 1. The minimum atomic E-state index is 0. The van der Waals surface area contributed by atoms with Gasteiger partial charge < -0.3 is 10.2 Å². The minimum Gasteiger partial charge on any atom is -0.342 e. The minimum absolute atomic E-state index is 0. The van der Waals surface area contributed by atoms with Gasteiger partial charge in [-0.15, -0.1) is 0 Å². The van der Waals surface area contributed by atoms with E-state index >= 15 is 0 Å². The highest BCUT2D eigenvalue weighted by Gasteiger charge is 2.24. The van der Waals surface area contributed by atoms with Gasteiger partial charge in [-0.2, -0.15) is 0 Å². The van der Waals surface area contributed by atoms with Crippen LogP contribution in [-0.2, 0) is 4.79 Å². The van der Waals surface area contributed by atoms with E-state index in [1.165, 1.54) is 0 Å². The third kappa shape index (κ3) is 4.09. The smallest absolute Gasteiger partial charge is 0.222 e. The van der Waals surface area contributed by atoms with Crippen LogP contribution in [0, 0.1) is 5.92 Å². The SMILES string of the molecule is CC.CCC(=O)N1CCC(CNC)C1.[HH]. The molecule has 3 nitrogen and oxygen atoms in total. The van der Waals surface area contributed by atoms with E-state index in [9.17, 15) is 4.79 Å². The molecule has 1 aliphatic rings. The van der Waals surface area contributed by atoms with E-state index < -0.39 is 0 Å². The summed E-state index contributed by atoms with van der Waals surface area (Å²) in [4.78, 5) is 13.2. The predicted molar refractivity (Wildman–Crippen MR) is 62.4 cm³/mol. The quantitative estimate of drug-likeness (QED) is 0.756. The Morgan fingerprint density at radius 3 is 2.71 bits per heavy atom. The average Bonchev–Trinajstić information content (AvgIpc) is 2.69. The van der Waals surface area contributed by atoms with E-state index in [-0.39, 0.29) is 1.43 Å². The molecule has 0 bridgehead atoms. The molecular weight excluding hydrogens is 176 g/mol. The fourth-order valence-electron chi connectivity index (χ4n) is 1.74. The van der Waals surface area contributed by atoms with Crippen LogP contribution in [0.4, 0.5) is 0 Å². The molecule has 1 atom stereocenters. The van der Waals surface area contributed by atoms with E-state index in [4.69, 9.17) is 0 Å². The van der Waals surface area contributed by atoms with Crippen LogP contribution < -0.4 is 5.32 Å². The monoisotopic (exact) mass is 202 g/mol. The molecular formula is C11H26N2O. The number of nitrogens with one attached hydrogen (secondary N) is 1. The van der Waals surface area contributed by atoms with Crippen LogP contribution in [0.3, 0.4) is 0 Å². The number of amides is 1. The van der Waals surface area contributed by atoms with Gasteiger partial charge in [0.1, 0.15) is 0 Å². The first kappa shape index (κ1) is 13.4. The van der Waals surface area contributed by atoms with Crippen molar-refractivity contribution in [3.63, 3.8) is 0 Å². The van der Waals surface area contributed by atoms with Gasteiger partial charge in [-0.1, -0.05) is 20.8 Å². The molecule has 1 fully saturated rings. The van der Waals surface area contributed by atoms with E-state index in [2.05, 4.69) is 5.32 Å². The van der Waals surface area contributed by atoms with E-state index in [0.717, 1.165) is 26.1 Å². The molecule has 0 aromatic carbocycles. The Morgan fingerprint density at radius 1 is 1.57 bits per heavy atom. The highest BCUT2D eigenvalue weighted by atomic mass is 16.2. The first-order chi connectivity index (χ1) is 6.77. The molecule has 0 spiro atoms. The maximum atomic E-state index is 11.3. The Kier molecular flexibility index (Phi) is 7.48. The summed E-state index contributed by atoms with van der Waals surface area (Å²) in [6, 6.07) is 0. The normalized spacial score (nSPS) is 20.3. The van der Waals surface area contributed by atoms with E-state index in [1.54, 1.807) is 0 Å². The van der Waals surface area contributed by atoms with Crippen LogP contribution >= 0.6 is 0 Å². The summed E-state index contributed by atoms with van der Waals surface area (Å²) in [6.07, 6.45) is 1.80. The van der Waals surface area contributed by atoms with E-state index in [1.807, 2.05) is 32.7 Å². The number of nitrogens with zero attached hydrogens (tertiary/aromatic N) is 1. The molecule has 1 N–H and O–H groups in total. The Labute approximate surface area is 89.3 Å². The lowest BCUT2D eigenvalue weighted by Crippen LogP contribution is -2.29. The lowest BCUT2D eigenvalue weighted by atomic mass is 10.1. The summed E-state index contributed by atoms with van der Waals surface area (Å²) in [5.74, 6) is 0.971. The fourth-order valence-corrected chi connectivity index (χ4v) is 1.74. The maximum Gasteiger partial charge on any atom is 0.222 e. The lowest BCUT2D eigenvalue weighted by Gasteiger charge is -2.15. The molecule has 0 radical (unpaired) electrons. The van der Waals surface area contributed by atoms with Crippen molar-refractivity contribution in [1.29, 1.82) is 0 Å². The molecule has 1 aliphatic heterocycles. The standard InChI is InChI=1S/C9H18N2O.C2H6.H2/c1-3-9(12)11-5-4-8(7-11)6-10-2;1-2;/h8,10H,3-7H2,1-2H3;1-2H3;1H. The van der Waals surface area contributed by atoms with Gasteiger partial charge in [-0.3, -0.25) is 4.79 Å². The molecule has 1 amide bonds. The van der Waals surface area contributed by atoms with Crippen LogP contribution in [0.5, 0.6) is 0 Å². The highest BCUT2D eigenvalue weighted by molar-refractivity contribution is 5.76. The van der Waals surface area contributed by atoms with Crippen molar-refractivity contribution in [1.82, 2.24) is 10.2 Å². The Bertz CT molecular complexity index is 165. The number of hydrogen-bond donors (Lipinski definition) is 1. The third-order valence-electron chi connectivity index (χ3n) is 2.43. The largest absolute Gasteiger partial charge is 0.342 e. The second kappa shape index (κ2) is 7.80. The van der Waals surface area contributed by atoms with Gasteiger partial charge in [0, 0.05) is 20.9 Å². The highest BCUT2D eigenvalue weighted by Crippen LogP contribution is 2.15. The van der Waals surface area contributed by atoms with Gasteiger partial charge >= 0.3 is 0 Å². The Hall–Kier alpha value is -0.570. The molecule has 1 saturated heterocycles. The molecule has 0 aromatic rings. The molecule has 1 rings (SSSR count). The number of carbonyl (C=O) groups excluding carboxylic acids is 1. The van der Waals surface area contributed by atoms with Crippen molar-refractivity contribution < 1.29 is 6.22 Å². The Balaban J connectivity index is 0. The molecule has 86 valence electrons. The van der Waals surface area contributed by atoms with Crippen LogP contribution in [0.25, 0.3) is 0 Å². The summed E-state index contributed by atoms with van der Waals surface area (Å²) in [5.41, 5.74) is 0. The third-order valence-corrected chi connectivity index (χ3v) is 2.43. The van der Waals surface area contributed by atoms with E-state index in [0.29, 0.717) is 18.2 Å². The summed E-state index contributed by atoms with van der Waals surface area (Å²) < 4.78 is 0. The van der Waals surface area contributed by atoms with Crippen molar-refractivity contribution in [3.8, 4) is 0 Å². The zero-order chi connectivity index (χ0) is 11.0. The topological polar surface area (TPSA) is 32.3 Å². The molecule has 0 aliphatic carbocycles. The predicted octanol–water partition coefficient (Wildman–Crippen LogP) is 1.74.